The summed E-state index contributed by atoms with van der Waals surface area (Å²) in [5.74, 6) is 1.27. The first kappa shape index (κ1) is 34.9. The van der Waals surface area contributed by atoms with E-state index in [1.807, 2.05) is 49.5 Å². The number of nitrogens with two attached hydrogens (primary N) is 1. The molecule has 272 valence electrons. The molecular weight excluding hydrogens is 667 g/mol. The van der Waals surface area contributed by atoms with Crippen molar-refractivity contribution >= 4 is 34.5 Å². The van der Waals surface area contributed by atoms with E-state index in [9.17, 15) is 4.79 Å². The molecule has 54 heavy (non-hydrogen) atoms. The molecule has 0 unspecified atom stereocenters. The highest BCUT2D eigenvalue weighted by Gasteiger charge is 2.39. The molecule has 0 radical (unpaired) electrons. The first-order valence-corrected chi connectivity index (χ1v) is 19.0. The second-order valence-corrected chi connectivity index (χ2v) is 14.4. The number of carbonyl (C=O) groups excluding carboxylic acids is 1. The van der Waals surface area contributed by atoms with Gasteiger partial charge in [-0.1, -0.05) is 110 Å². The highest BCUT2D eigenvalue weighted by molar-refractivity contribution is 6.14. The van der Waals surface area contributed by atoms with E-state index >= 15 is 0 Å². The van der Waals surface area contributed by atoms with Crippen molar-refractivity contribution in [2.75, 3.05) is 29.5 Å². The predicted molar refractivity (Wildman–Crippen MR) is 219 cm³/mol. The highest BCUT2D eigenvalue weighted by atomic mass is 16.2. The average Bonchev–Trinajstić information content (AvgIpc) is 3.65. The molecule has 1 fully saturated rings. The number of benzene rings is 5. The van der Waals surface area contributed by atoms with Crippen molar-refractivity contribution in [2.45, 2.75) is 51.0 Å². The lowest BCUT2D eigenvalue weighted by Gasteiger charge is -2.38. The van der Waals surface area contributed by atoms with Crippen LogP contribution in [0.1, 0.15) is 65.7 Å². The van der Waals surface area contributed by atoms with Gasteiger partial charge in [0.05, 0.1) is 17.1 Å². The Kier molecular flexibility index (Phi) is 9.74. The Morgan fingerprint density at radius 3 is 1.98 bits per heavy atom. The second kappa shape index (κ2) is 15.1. The molecule has 1 aromatic heterocycles. The fraction of sp³-hybridized carbons (Fsp3) is 0.239. The fourth-order valence-corrected chi connectivity index (χ4v) is 8.36. The normalized spacial score (nSPS) is 15.1. The van der Waals surface area contributed by atoms with Crippen LogP contribution < -0.4 is 16.0 Å². The molecule has 1 saturated carbocycles. The van der Waals surface area contributed by atoms with Gasteiger partial charge in [0.15, 0.2) is 0 Å². The number of urea groups is 1. The van der Waals surface area contributed by atoms with Gasteiger partial charge < -0.3 is 15.6 Å². The quantitative estimate of drug-likeness (QED) is 0.109. The average molecular weight is 714 g/mol. The fourth-order valence-electron chi connectivity index (χ4n) is 8.36. The topological polar surface area (TPSA) is 91.8 Å². The lowest BCUT2D eigenvalue weighted by Crippen LogP contribution is -2.38. The van der Waals surface area contributed by atoms with Crippen LogP contribution in [-0.4, -0.2) is 39.9 Å². The van der Waals surface area contributed by atoms with Crippen molar-refractivity contribution in [1.29, 1.82) is 0 Å². The molecule has 1 aliphatic carbocycles. The van der Waals surface area contributed by atoms with E-state index in [-0.39, 0.29) is 6.03 Å². The minimum atomic E-state index is -0.621. The van der Waals surface area contributed by atoms with Crippen LogP contribution in [0.5, 0.6) is 0 Å². The number of nitrogens with one attached hydrogen (secondary N) is 1. The molecule has 8 rings (SSSR count). The lowest BCUT2D eigenvalue weighted by molar-refractivity contribution is 0.220. The monoisotopic (exact) mass is 713 g/mol. The smallest absolute Gasteiger partial charge is 0.349 e. The van der Waals surface area contributed by atoms with Gasteiger partial charge in [0.1, 0.15) is 11.4 Å². The van der Waals surface area contributed by atoms with Gasteiger partial charge >= 0.3 is 6.03 Å². The molecule has 5 aromatic carbocycles. The number of rotatable bonds is 10. The van der Waals surface area contributed by atoms with E-state index in [1.165, 1.54) is 24.3 Å². The maximum atomic E-state index is 14.0. The molecule has 3 N–H and O–H groups in total. The summed E-state index contributed by atoms with van der Waals surface area (Å²) in [6.45, 7) is 2.66. The molecule has 2 heterocycles. The van der Waals surface area contributed by atoms with Crippen molar-refractivity contribution < 1.29 is 4.79 Å². The molecule has 0 spiro atoms. The number of nitrogens with zero attached hydrogens (tertiary/aromatic N) is 5. The van der Waals surface area contributed by atoms with E-state index in [2.05, 4.69) is 107 Å². The molecule has 6 aromatic rings. The van der Waals surface area contributed by atoms with E-state index < -0.39 is 5.54 Å². The Hall–Kier alpha value is -6.15. The molecule has 0 bridgehead atoms. The highest BCUT2D eigenvalue weighted by Crippen LogP contribution is 2.42. The number of aryl methyl sites for hydroxylation is 1. The number of fused-ring (bicyclic) bond motifs is 1. The summed E-state index contributed by atoms with van der Waals surface area (Å²) in [4.78, 5) is 20.7. The van der Waals surface area contributed by atoms with Crippen LogP contribution >= 0.6 is 0 Å². The zero-order valence-electron chi connectivity index (χ0n) is 31.0. The molecule has 2 amide bonds. The summed E-state index contributed by atoms with van der Waals surface area (Å²) in [5.41, 5.74) is 15.5. The Morgan fingerprint density at radius 1 is 0.796 bits per heavy atom. The van der Waals surface area contributed by atoms with Crippen LogP contribution in [0.2, 0.25) is 0 Å². The van der Waals surface area contributed by atoms with Crippen LogP contribution in [0.4, 0.5) is 27.5 Å². The van der Waals surface area contributed by atoms with E-state index in [0.717, 1.165) is 69.3 Å². The zero-order chi connectivity index (χ0) is 37.1. The largest absolute Gasteiger partial charge is 0.398 e. The SMILES string of the molecule is Cc1cc2c(cc1N)C(C1CCCCC1)=NN(C)C(=O)N2c1ccc(NCCc2nccn2C(c2ccccc2)(c2ccccc2)c2ccccc2)cc1. The zero-order valence-corrected chi connectivity index (χ0v) is 31.0. The Morgan fingerprint density at radius 2 is 1.39 bits per heavy atom. The van der Waals surface area contributed by atoms with Gasteiger partial charge in [0.25, 0.3) is 0 Å². The van der Waals surface area contributed by atoms with Gasteiger partial charge in [-0.2, -0.15) is 5.10 Å². The Balaban J connectivity index is 1.07. The first-order valence-electron chi connectivity index (χ1n) is 19.0. The maximum Gasteiger partial charge on any atom is 0.349 e. The van der Waals surface area contributed by atoms with Crippen molar-refractivity contribution in [2.24, 2.45) is 11.0 Å². The number of amides is 2. The summed E-state index contributed by atoms with van der Waals surface area (Å²) in [6.07, 6.45) is 10.4. The van der Waals surface area contributed by atoms with Gasteiger partial charge in [-0.05, 0) is 78.4 Å². The summed E-state index contributed by atoms with van der Waals surface area (Å²) in [6, 6.07) is 44.0. The van der Waals surface area contributed by atoms with Crippen LogP contribution in [0.25, 0.3) is 0 Å². The minimum Gasteiger partial charge on any atom is -0.398 e. The van der Waals surface area contributed by atoms with Crippen LogP contribution in [-0.2, 0) is 12.0 Å². The Bertz CT molecular complexity index is 2150. The third-order valence-electron chi connectivity index (χ3n) is 11.1. The number of anilines is 4. The van der Waals surface area contributed by atoms with Gasteiger partial charge in [-0.25, -0.2) is 14.8 Å². The van der Waals surface area contributed by atoms with Gasteiger partial charge in [0.2, 0.25) is 0 Å². The van der Waals surface area contributed by atoms with E-state index in [0.29, 0.717) is 24.6 Å². The molecule has 8 nitrogen and oxygen atoms in total. The van der Waals surface area contributed by atoms with E-state index in [1.54, 1.807) is 11.9 Å². The van der Waals surface area contributed by atoms with Crippen molar-refractivity contribution in [3.05, 3.63) is 173 Å². The predicted octanol–water partition coefficient (Wildman–Crippen LogP) is 9.76. The molecule has 1 aliphatic heterocycles. The lowest BCUT2D eigenvalue weighted by atomic mass is 9.76. The Labute approximate surface area is 318 Å². The van der Waals surface area contributed by atoms with Gasteiger partial charge in [0, 0.05) is 55.3 Å². The summed E-state index contributed by atoms with van der Waals surface area (Å²) >= 11 is 0. The molecule has 0 saturated heterocycles. The number of nitrogen functional groups attached to an aromatic ring is 1. The van der Waals surface area contributed by atoms with Crippen molar-refractivity contribution in [3.63, 3.8) is 0 Å². The second-order valence-electron chi connectivity index (χ2n) is 14.4. The maximum absolute atomic E-state index is 14.0. The third kappa shape index (κ3) is 6.42. The number of carbonyl (C=O) groups is 1. The summed E-state index contributed by atoms with van der Waals surface area (Å²) in [5, 5.41) is 10.0. The summed E-state index contributed by atoms with van der Waals surface area (Å²) in [7, 11) is 1.75. The number of aromatic nitrogens is 2. The first-order chi connectivity index (χ1) is 26.4. The number of hydrogen-bond acceptors (Lipinski definition) is 5. The number of hydrogen-bond donors (Lipinski definition) is 2. The third-order valence-corrected chi connectivity index (χ3v) is 11.1. The van der Waals surface area contributed by atoms with Crippen LogP contribution in [0, 0.1) is 12.8 Å². The van der Waals surface area contributed by atoms with Crippen molar-refractivity contribution in [3.8, 4) is 0 Å². The van der Waals surface area contributed by atoms with Gasteiger partial charge in [-0.15, -0.1) is 0 Å². The van der Waals surface area contributed by atoms with Crippen LogP contribution in [0.15, 0.2) is 145 Å². The molecule has 0 atom stereocenters. The number of hydrazone groups is 1. The summed E-state index contributed by atoms with van der Waals surface area (Å²) < 4.78 is 2.33. The molecular formula is C46H47N7O. The standard InChI is InChI=1S/C46H47N7O/c1-33-31-42-40(32-41(33)47)44(34-15-7-3-8-16-34)50-51(2)45(54)53(42)39-25-23-38(24-26-39)48-28-27-43-49-29-30-52(43)46(35-17-9-4-10-18-35,36-19-11-5-12-20-36)37-21-13-6-14-22-37/h4-6,9-14,17-26,29-32,34,48H,3,7-8,15-16,27-28,47H2,1-2H3. The van der Waals surface area contributed by atoms with Gasteiger partial charge in [-0.3, -0.25) is 4.90 Å². The van der Waals surface area contributed by atoms with Crippen LogP contribution in [0.3, 0.4) is 0 Å². The van der Waals surface area contributed by atoms with E-state index in [4.69, 9.17) is 15.8 Å². The minimum absolute atomic E-state index is 0.197. The molecule has 8 heteroatoms. The van der Waals surface area contributed by atoms with Crippen molar-refractivity contribution in [1.82, 2.24) is 14.6 Å². The number of imidazole rings is 1. The molecule has 2 aliphatic rings.